The number of halogens is 1. The predicted molar refractivity (Wildman–Crippen MR) is 83.0 cm³/mol. The molecule has 0 unspecified atom stereocenters. The fourth-order valence-electron chi connectivity index (χ4n) is 1.71. The van der Waals surface area contributed by atoms with Crippen LogP contribution in [-0.2, 0) is 6.42 Å². The minimum Gasteiger partial charge on any atom is -0.508 e. The van der Waals surface area contributed by atoms with E-state index in [1.165, 1.54) is 0 Å². The molecule has 5 heteroatoms. The van der Waals surface area contributed by atoms with Gasteiger partial charge < -0.3 is 15.7 Å². The second kappa shape index (κ2) is 6.96. The van der Waals surface area contributed by atoms with E-state index >= 15 is 0 Å². The Morgan fingerprint density at radius 2 is 1.80 bits per heavy atom. The molecule has 0 fully saturated rings. The number of carbonyl (C=O) groups is 1. The molecule has 0 aliphatic rings. The van der Waals surface area contributed by atoms with Crippen LogP contribution in [0.4, 0.5) is 10.5 Å². The molecule has 0 atom stereocenters. The molecule has 3 N–H and O–H groups in total. The maximum atomic E-state index is 11.7. The van der Waals surface area contributed by atoms with Crippen LogP contribution in [-0.4, -0.2) is 17.7 Å². The quantitative estimate of drug-likeness (QED) is 0.801. The maximum Gasteiger partial charge on any atom is 0.319 e. The number of carbonyl (C=O) groups excluding carboxylic acids is 1. The summed E-state index contributed by atoms with van der Waals surface area (Å²) in [6, 6.07) is 14.1. The lowest BCUT2D eigenvalue weighted by atomic mass is 10.1. The zero-order valence-electron chi connectivity index (χ0n) is 10.8. The molecule has 0 saturated heterocycles. The molecule has 0 aliphatic heterocycles. The van der Waals surface area contributed by atoms with Crippen molar-refractivity contribution in [2.75, 3.05) is 11.9 Å². The summed E-state index contributed by atoms with van der Waals surface area (Å²) >= 11 is 3.37. The largest absolute Gasteiger partial charge is 0.508 e. The van der Waals surface area contributed by atoms with Crippen LogP contribution in [0.3, 0.4) is 0 Å². The highest BCUT2D eigenvalue weighted by Crippen LogP contribution is 2.20. The van der Waals surface area contributed by atoms with Crippen LogP contribution in [0.25, 0.3) is 0 Å². The Bertz CT molecular complexity index is 585. The highest BCUT2D eigenvalue weighted by Gasteiger charge is 2.03. The van der Waals surface area contributed by atoms with Gasteiger partial charge in [0.25, 0.3) is 0 Å². The number of nitrogens with one attached hydrogen (secondary N) is 2. The summed E-state index contributed by atoms with van der Waals surface area (Å²) in [5, 5.41) is 14.7. The molecule has 2 aromatic rings. The third-order valence-electron chi connectivity index (χ3n) is 2.76. The van der Waals surface area contributed by atoms with Gasteiger partial charge in [0, 0.05) is 11.0 Å². The lowest BCUT2D eigenvalue weighted by Gasteiger charge is -2.09. The van der Waals surface area contributed by atoms with Crippen LogP contribution in [0.5, 0.6) is 5.75 Å². The standard InChI is InChI=1S/C15H15BrN2O2/c16-13-3-1-2-4-14(13)18-15(20)17-10-9-11-5-7-12(19)8-6-11/h1-8,19H,9-10H2,(H2,17,18,20). The van der Waals surface area contributed by atoms with E-state index in [9.17, 15) is 9.90 Å². The van der Waals surface area contributed by atoms with Gasteiger partial charge in [0.05, 0.1) is 5.69 Å². The van der Waals surface area contributed by atoms with Crippen molar-refractivity contribution in [2.45, 2.75) is 6.42 Å². The molecule has 0 heterocycles. The van der Waals surface area contributed by atoms with Crippen molar-refractivity contribution < 1.29 is 9.90 Å². The number of phenols is 1. The van der Waals surface area contributed by atoms with Gasteiger partial charge in [-0.3, -0.25) is 0 Å². The van der Waals surface area contributed by atoms with Crippen LogP contribution in [0.1, 0.15) is 5.56 Å². The van der Waals surface area contributed by atoms with E-state index in [1.54, 1.807) is 12.1 Å². The van der Waals surface area contributed by atoms with E-state index in [2.05, 4.69) is 26.6 Å². The number of para-hydroxylation sites is 1. The Morgan fingerprint density at radius 1 is 1.10 bits per heavy atom. The minimum atomic E-state index is -0.240. The number of anilines is 1. The van der Waals surface area contributed by atoms with E-state index in [-0.39, 0.29) is 11.8 Å². The summed E-state index contributed by atoms with van der Waals surface area (Å²) in [5.74, 6) is 0.244. The molecule has 104 valence electrons. The monoisotopic (exact) mass is 334 g/mol. The lowest BCUT2D eigenvalue weighted by Crippen LogP contribution is -2.30. The Hall–Kier alpha value is -2.01. The van der Waals surface area contributed by atoms with Crippen LogP contribution in [0.15, 0.2) is 53.0 Å². The van der Waals surface area contributed by atoms with Crippen LogP contribution in [0, 0.1) is 0 Å². The van der Waals surface area contributed by atoms with Crippen molar-refractivity contribution >= 4 is 27.6 Å². The third-order valence-corrected chi connectivity index (χ3v) is 3.45. The zero-order chi connectivity index (χ0) is 14.4. The first-order valence-corrected chi connectivity index (χ1v) is 7.02. The summed E-state index contributed by atoms with van der Waals surface area (Å²) in [7, 11) is 0. The van der Waals surface area contributed by atoms with E-state index in [4.69, 9.17) is 0 Å². The topological polar surface area (TPSA) is 61.4 Å². The Balaban J connectivity index is 1.78. The maximum absolute atomic E-state index is 11.7. The van der Waals surface area contributed by atoms with Gasteiger partial charge in [-0.25, -0.2) is 4.79 Å². The smallest absolute Gasteiger partial charge is 0.319 e. The molecule has 0 saturated carbocycles. The number of amides is 2. The van der Waals surface area contributed by atoms with Gasteiger partial charge in [0.2, 0.25) is 0 Å². The normalized spacial score (nSPS) is 10.1. The fraction of sp³-hybridized carbons (Fsp3) is 0.133. The van der Waals surface area contributed by atoms with Crippen molar-refractivity contribution in [3.05, 3.63) is 58.6 Å². The second-order valence-corrected chi connectivity index (χ2v) is 5.13. The molecule has 0 spiro atoms. The summed E-state index contributed by atoms with van der Waals surface area (Å²) in [5.41, 5.74) is 1.79. The van der Waals surface area contributed by atoms with Crippen molar-refractivity contribution in [3.8, 4) is 5.75 Å². The third kappa shape index (κ3) is 4.28. The first-order chi connectivity index (χ1) is 9.65. The number of hydrogen-bond donors (Lipinski definition) is 3. The second-order valence-electron chi connectivity index (χ2n) is 4.28. The number of hydrogen-bond acceptors (Lipinski definition) is 2. The van der Waals surface area contributed by atoms with Gasteiger partial charge in [0.1, 0.15) is 5.75 Å². The van der Waals surface area contributed by atoms with Crippen molar-refractivity contribution in [3.63, 3.8) is 0 Å². The van der Waals surface area contributed by atoms with E-state index in [0.29, 0.717) is 13.0 Å². The number of urea groups is 1. The molecule has 0 aliphatic carbocycles. The number of benzene rings is 2. The summed E-state index contributed by atoms with van der Waals surface area (Å²) in [6.07, 6.45) is 0.712. The molecule has 0 radical (unpaired) electrons. The van der Waals surface area contributed by atoms with E-state index in [1.807, 2.05) is 36.4 Å². The SMILES string of the molecule is O=C(NCCc1ccc(O)cc1)Nc1ccccc1Br. The summed E-state index contributed by atoms with van der Waals surface area (Å²) in [4.78, 5) is 11.7. The van der Waals surface area contributed by atoms with Crippen molar-refractivity contribution in [1.82, 2.24) is 5.32 Å². The van der Waals surface area contributed by atoms with Gasteiger partial charge in [-0.15, -0.1) is 0 Å². The number of phenolic OH excluding ortho intramolecular Hbond substituents is 1. The molecule has 2 rings (SSSR count). The number of rotatable bonds is 4. The average molecular weight is 335 g/mol. The van der Waals surface area contributed by atoms with Crippen molar-refractivity contribution in [2.24, 2.45) is 0 Å². The first kappa shape index (κ1) is 14.4. The fourth-order valence-corrected chi connectivity index (χ4v) is 2.10. The van der Waals surface area contributed by atoms with Gasteiger partial charge >= 0.3 is 6.03 Å². The van der Waals surface area contributed by atoms with Crippen LogP contribution >= 0.6 is 15.9 Å². The Labute approximate surface area is 126 Å². The minimum absolute atomic E-state index is 0.240. The molecule has 20 heavy (non-hydrogen) atoms. The van der Waals surface area contributed by atoms with E-state index < -0.39 is 0 Å². The van der Waals surface area contributed by atoms with Crippen molar-refractivity contribution in [1.29, 1.82) is 0 Å². The van der Waals surface area contributed by atoms with E-state index in [0.717, 1.165) is 15.7 Å². The molecule has 2 aromatic carbocycles. The van der Waals surface area contributed by atoms with Gasteiger partial charge in [-0.1, -0.05) is 24.3 Å². The van der Waals surface area contributed by atoms with Crippen LogP contribution < -0.4 is 10.6 Å². The molecular formula is C15H15BrN2O2. The Morgan fingerprint density at radius 3 is 2.50 bits per heavy atom. The molecule has 2 amide bonds. The molecule has 0 aromatic heterocycles. The summed E-state index contributed by atoms with van der Waals surface area (Å²) in [6.45, 7) is 0.529. The molecular weight excluding hydrogens is 320 g/mol. The molecule has 4 nitrogen and oxygen atoms in total. The predicted octanol–water partition coefficient (Wildman–Crippen LogP) is 3.52. The average Bonchev–Trinajstić information content (AvgIpc) is 2.44. The first-order valence-electron chi connectivity index (χ1n) is 6.22. The highest BCUT2D eigenvalue weighted by molar-refractivity contribution is 9.10. The molecule has 0 bridgehead atoms. The van der Waals surface area contributed by atoms with Crippen LogP contribution in [0.2, 0.25) is 0 Å². The summed E-state index contributed by atoms with van der Waals surface area (Å²) < 4.78 is 0.841. The zero-order valence-corrected chi connectivity index (χ0v) is 12.4. The lowest BCUT2D eigenvalue weighted by molar-refractivity contribution is 0.252. The van der Waals surface area contributed by atoms with Gasteiger partial charge in [-0.2, -0.15) is 0 Å². The number of aromatic hydroxyl groups is 1. The van der Waals surface area contributed by atoms with Gasteiger partial charge in [-0.05, 0) is 52.2 Å². The van der Waals surface area contributed by atoms with Gasteiger partial charge in [0.15, 0.2) is 0 Å². The highest BCUT2D eigenvalue weighted by atomic mass is 79.9. The Kier molecular flexibility index (Phi) is 5.01.